The predicted octanol–water partition coefficient (Wildman–Crippen LogP) is 2.66. The lowest BCUT2D eigenvalue weighted by Crippen LogP contribution is -2.46. The van der Waals surface area contributed by atoms with Gasteiger partial charge in [0.05, 0.1) is 17.9 Å². The molecule has 3 heterocycles. The summed E-state index contributed by atoms with van der Waals surface area (Å²) in [5.74, 6) is -0.398. The predicted molar refractivity (Wildman–Crippen MR) is 131 cm³/mol. The monoisotopic (exact) mass is 450 g/mol. The number of carbonyl (C=O) groups excluding carboxylic acids is 2. The highest BCUT2D eigenvalue weighted by Crippen LogP contribution is 2.35. The third-order valence-electron chi connectivity index (χ3n) is 6.77. The smallest absolute Gasteiger partial charge is 0.313 e. The number of aromatic nitrogens is 1. The second kappa shape index (κ2) is 9.79. The fourth-order valence-corrected chi connectivity index (χ4v) is 4.69. The Balaban J connectivity index is 1.52. The number of nitrogens with one attached hydrogen (secondary N) is 1. The number of likely N-dealkylation sites (N-methyl/N-ethyl adjacent to an activating group) is 1. The summed E-state index contributed by atoms with van der Waals surface area (Å²) in [6.07, 6.45) is 3.34. The van der Waals surface area contributed by atoms with Crippen molar-refractivity contribution in [2.24, 2.45) is 5.92 Å². The van der Waals surface area contributed by atoms with Crippen molar-refractivity contribution in [1.82, 2.24) is 14.8 Å². The molecule has 2 aliphatic heterocycles. The molecule has 0 saturated carbocycles. The van der Waals surface area contributed by atoms with E-state index in [4.69, 9.17) is 5.73 Å². The van der Waals surface area contributed by atoms with Crippen LogP contribution in [0.1, 0.15) is 36.9 Å². The number of piperidine rings is 1. The highest BCUT2D eigenvalue weighted by Gasteiger charge is 2.34. The topological polar surface area (TPSA) is 94.8 Å². The third-order valence-corrected chi connectivity index (χ3v) is 6.77. The standard InChI is InChI=1S/C25H34N6O2/c1-17-7-8-22(19-5-4-6-21(14-19)30-11-9-29(3)10-12-30)31(16-17)25(33)24(32)28-20-13-18(2)23(26)27-15-20/h4-6,13-15,17,22H,7-12,16H2,1-3H3,(H2,26,27)(H,28,32)/t17-,22+/m1/s1. The van der Waals surface area contributed by atoms with Crippen LogP contribution >= 0.6 is 0 Å². The van der Waals surface area contributed by atoms with Crippen LogP contribution in [-0.4, -0.2) is 66.4 Å². The van der Waals surface area contributed by atoms with Gasteiger partial charge in [-0.2, -0.15) is 0 Å². The number of hydrogen-bond donors (Lipinski definition) is 2. The van der Waals surface area contributed by atoms with Crippen molar-refractivity contribution < 1.29 is 9.59 Å². The first-order chi connectivity index (χ1) is 15.8. The number of rotatable bonds is 3. The van der Waals surface area contributed by atoms with E-state index in [1.54, 1.807) is 11.0 Å². The van der Waals surface area contributed by atoms with Crippen LogP contribution in [0.25, 0.3) is 0 Å². The van der Waals surface area contributed by atoms with Crippen LogP contribution in [-0.2, 0) is 9.59 Å². The molecule has 2 fully saturated rings. The van der Waals surface area contributed by atoms with Crippen molar-refractivity contribution in [3.05, 3.63) is 47.7 Å². The average molecular weight is 451 g/mol. The lowest BCUT2D eigenvalue weighted by Gasteiger charge is -2.39. The van der Waals surface area contributed by atoms with Gasteiger partial charge in [0.15, 0.2) is 0 Å². The number of nitrogens with zero attached hydrogens (tertiary/aromatic N) is 4. The highest BCUT2D eigenvalue weighted by molar-refractivity contribution is 6.39. The first-order valence-corrected chi connectivity index (χ1v) is 11.7. The van der Waals surface area contributed by atoms with Gasteiger partial charge in [-0.15, -0.1) is 0 Å². The highest BCUT2D eigenvalue weighted by atomic mass is 16.2. The maximum absolute atomic E-state index is 13.3. The van der Waals surface area contributed by atoms with Crippen LogP contribution in [0, 0.1) is 12.8 Å². The Morgan fingerprint density at radius 3 is 2.61 bits per heavy atom. The fraction of sp³-hybridized carbons (Fsp3) is 0.480. The van der Waals surface area contributed by atoms with Crippen molar-refractivity contribution in [2.75, 3.05) is 55.7 Å². The zero-order valence-electron chi connectivity index (χ0n) is 19.8. The fourth-order valence-electron chi connectivity index (χ4n) is 4.69. The molecule has 3 N–H and O–H groups in total. The summed E-state index contributed by atoms with van der Waals surface area (Å²) in [7, 11) is 2.15. The van der Waals surface area contributed by atoms with E-state index in [1.165, 1.54) is 11.9 Å². The Labute approximate surface area is 195 Å². The average Bonchev–Trinajstić information content (AvgIpc) is 2.81. The van der Waals surface area contributed by atoms with Gasteiger partial charge < -0.3 is 25.8 Å². The van der Waals surface area contributed by atoms with Gasteiger partial charge >= 0.3 is 11.8 Å². The van der Waals surface area contributed by atoms with E-state index in [-0.39, 0.29) is 6.04 Å². The first-order valence-electron chi connectivity index (χ1n) is 11.7. The van der Waals surface area contributed by atoms with E-state index in [0.29, 0.717) is 24.0 Å². The minimum atomic E-state index is -0.643. The van der Waals surface area contributed by atoms with Crippen molar-refractivity contribution in [2.45, 2.75) is 32.7 Å². The number of nitrogens with two attached hydrogens (primary N) is 1. The quantitative estimate of drug-likeness (QED) is 0.698. The Kier molecular flexibility index (Phi) is 6.83. The number of piperazine rings is 1. The number of amides is 2. The first kappa shape index (κ1) is 23.0. The zero-order chi connectivity index (χ0) is 23.5. The van der Waals surface area contributed by atoms with Gasteiger partial charge in [0.2, 0.25) is 0 Å². The summed E-state index contributed by atoms with van der Waals surface area (Å²) in [4.78, 5) is 36.7. The second-order valence-electron chi connectivity index (χ2n) is 9.42. The molecule has 1 aromatic heterocycles. The summed E-state index contributed by atoms with van der Waals surface area (Å²) in [6, 6.07) is 10.1. The number of likely N-dealkylation sites (tertiary alicyclic amines) is 1. The molecule has 33 heavy (non-hydrogen) atoms. The van der Waals surface area contributed by atoms with Crippen LogP contribution in [0.3, 0.4) is 0 Å². The van der Waals surface area contributed by atoms with Gasteiger partial charge in [-0.05, 0) is 62.1 Å². The number of pyridine rings is 1. The molecular formula is C25H34N6O2. The SMILES string of the molecule is Cc1cc(NC(=O)C(=O)N2C[C@H](C)CC[C@H]2c2cccc(N3CCN(C)CC3)c2)cnc1N. The van der Waals surface area contributed by atoms with Crippen LogP contribution < -0.4 is 16.0 Å². The van der Waals surface area contributed by atoms with Crippen LogP contribution in [0.4, 0.5) is 17.2 Å². The van der Waals surface area contributed by atoms with Gasteiger partial charge in [-0.25, -0.2) is 4.98 Å². The number of nitrogen functional groups attached to an aromatic ring is 1. The molecule has 8 heteroatoms. The van der Waals surface area contributed by atoms with E-state index >= 15 is 0 Å². The van der Waals surface area contributed by atoms with Crippen molar-refractivity contribution in [1.29, 1.82) is 0 Å². The Bertz CT molecular complexity index is 1020. The number of aryl methyl sites for hydroxylation is 1. The molecule has 0 radical (unpaired) electrons. The van der Waals surface area contributed by atoms with Gasteiger partial charge in [-0.3, -0.25) is 9.59 Å². The van der Waals surface area contributed by atoms with Crippen LogP contribution in [0.15, 0.2) is 36.5 Å². The van der Waals surface area contributed by atoms with E-state index in [9.17, 15) is 9.59 Å². The number of benzene rings is 1. The Morgan fingerprint density at radius 2 is 1.88 bits per heavy atom. The molecular weight excluding hydrogens is 416 g/mol. The second-order valence-corrected chi connectivity index (χ2v) is 9.42. The normalized spacial score (nSPS) is 21.7. The summed E-state index contributed by atoms with van der Waals surface area (Å²) in [6.45, 7) is 8.56. The number of anilines is 3. The minimum Gasteiger partial charge on any atom is -0.383 e. The maximum atomic E-state index is 13.3. The summed E-state index contributed by atoms with van der Waals surface area (Å²) >= 11 is 0. The van der Waals surface area contributed by atoms with Crippen molar-refractivity contribution in [3.8, 4) is 0 Å². The zero-order valence-corrected chi connectivity index (χ0v) is 19.8. The third kappa shape index (κ3) is 5.27. The molecule has 176 valence electrons. The van der Waals surface area contributed by atoms with Crippen molar-refractivity contribution in [3.63, 3.8) is 0 Å². The van der Waals surface area contributed by atoms with Crippen LogP contribution in [0.2, 0.25) is 0 Å². The summed E-state index contributed by atoms with van der Waals surface area (Å²) < 4.78 is 0. The molecule has 2 atom stereocenters. The molecule has 2 amide bonds. The molecule has 0 aliphatic carbocycles. The van der Waals surface area contributed by atoms with Gasteiger partial charge in [0, 0.05) is 38.4 Å². The molecule has 1 aromatic carbocycles. The van der Waals surface area contributed by atoms with Gasteiger partial charge in [-0.1, -0.05) is 19.1 Å². The largest absolute Gasteiger partial charge is 0.383 e. The molecule has 2 aromatic rings. The lowest BCUT2D eigenvalue weighted by atomic mass is 9.89. The van der Waals surface area contributed by atoms with Gasteiger partial charge in [0.25, 0.3) is 0 Å². The molecule has 0 bridgehead atoms. The molecule has 8 nitrogen and oxygen atoms in total. The maximum Gasteiger partial charge on any atom is 0.313 e. The van der Waals surface area contributed by atoms with E-state index in [0.717, 1.165) is 50.1 Å². The number of carbonyl (C=O) groups is 2. The molecule has 0 spiro atoms. The molecule has 2 saturated heterocycles. The van der Waals surface area contributed by atoms with E-state index in [1.807, 2.05) is 6.92 Å². The number of hydrogen-bond acceptors (Lipinski definition) is 6. The summed E-state index contributed by atoms with van der Waals surface area (Å²) in [5.41, 5.74) is 9.26. The van der Waals surface area contributed by atoms with Gasteiger partial charge in [0.1, 0.15) is 5.82 Å². The molecule has 0 unspecified atom stereocenters. The lowest BCUT2D eigenvalue weighted by molar-refractivity contribution is -0.146. The molecule has 2 aliphatic rings. The Morgan fingerprint density at radius 1 is 1.12 bits per heavy atom. The van der Waals surface area contributed by atoms with E-state index in [2.05, 4.69) is 58.3 Å². The summed E-state index contributed by atoms with van der Waals surface area (Å²) in [5, 5.41) is 2.70. The van der Waals surface area contributed by atoms with Crippen LogP contribution in [0.5, 0.6) is 0 Å². The molecule has 4 rings (SSSR count). The minimum absolute atomic E-state index is 0.113. The van der Waals surface area contributed by atoms with Crippen molar-refractivity contribution >= 4 is 29.0 Å². The van der Waals surface area contributed by atoms with E-state index < -0.39 is 11.8 Å². The Hall–Kier alpha value is -3.13.